The van der Waals surface area contributed by atoms with Gasteiger partial charge >= 0.3 is 0 Å². The second kappa shape index (κ2) is 25.0. The Morgan fingerprint density at radius 3 is 0.939 bits per heavy atom. The predicted molar refractivity (Wildman–Crippen MR) is 403 cm³/mol. The van der Waals surface area contributed by atoms with E-state index in [2.05, 4.69) is 289 Å². The summed E-state index contributed by atoms with van der Waals surface area (Å²) >= 11 is 0. The van der Waals surface area contributed by atoms with Crippen molar-refractivity contribution in [3.63, 3.8) is 0 Å². The standard InChI is InChI=1S/C45H28N4O.C45H30N4/c1-3-12-29(13-4-1)43-46-44-33-17-9-14-30(24-33)31-15-11-21-36(26-31)49(35-19-5-2-6-20-35)37-27-39(32-16-10-18-34(25-32)45(47-43)48-44)42-38-22-7-8-23-40(38)50-41(42)28-37;1-3-11-31(12-4-1)32-23-25-40(26-24-32)49-41-21-9-17-36(29-41)34-15-7-19-38(27-34)44-46-43(33-13-5-2-6-14-33)47-45(48-44)39-20-8-16-35(28-39)37-18-10-22-42(49)30-37/h1-28H;1-30H. The van der Waals surface area contributed by atoms with Gasteiger partial charge in [-0.05, 0) is 153 Å². The SMILES string of the molecule is c1ccc(-c2ccc(N3c4cccc(c4)-c4cccc(c4)-c4nc(-c5ccccc5)nc(n4)-c4cccc(c4)-c4cccc3c4)cc2)cc1.c1ccc(-c2nc3nc(n2)-c2cccc(c2)-c2cc(cc4oc5ccccc5c24)N(c2ccccc2)c2cccc(c2)-c2cccc-3c2)cc1. The summed E-state index contributed by atoms with van der Waals surface area (Å²) in [4.78, 5) is 34.8. The molecule has 0 saturated heterocycles. The maximum atomic E-state index is 6.60. The van der Waals surface area contributed by atoms with Gasteiger partial charge in [-0.2, -0.15) is 0 Å². The molecular weight excluding hydrogens is 1210 g/mol. The molecule has 0 radical (unpaired) electrons. The summed E-state index contributed by atoms with van der Waals surface area (Å²) in [6.45, 7) is 0. The van der Waals surface area contributed by atoms with Crippen molar-refractivity contribution in [1.29, 1.82) is 0 Å². The summed E-state index contributed by atoms with van der Waals surface area (Å²) in [5, 5.41) is 2.14. The van der Waals surface area contributed by atoms with Crippen LogP contribution in [0, 0.1) is 0 Å². The molecule has 0 saturated carbocycles. The highest BCUT2D eigenvalue weighted by Crippen LogP contribution is 2.46. The van der Waals surface area contributed by atoms with Crippen molar-refractivity contribution in [3.05, 3.63) is 352 Å². The summed E-state index contributed by atoms with van der Waals surface area (Å²) in [6.07, 6.45) is 0. The van der Waals surface area contributed by atoms with Crippen molar-refractivity contribution < 1.29 is 4.42 Å². The number of fused-ring (bicyclic) bond motifs is 32. The minimum Gasteiger partial charge on any atom is -0.456 e. The molecule has 14 aromatic carbocycles. The Morgan fingerprint density at radius 1 is 0.182 bits per heavy atom. The molecular formula is C90H58N8O. The number of hydrogen-bond acceptors (Lipinski definition) is 9. The monoisotopic (exact) mass is 1270 g/mol. The largest absolute Gasteiger partial charge is 0.456 e. The van der Waals surface area contributed by atoms with Crippen LogP contribution in [-0.4, -0.2) is 29.9 Å². The number of hydrogen-bond donors (Lipinski definition) is 0. The van der Waals surface area contributed by atoms with Crippen LogP contribution in [0.3, 0.4) is 0 Å². The minimum absolute atomic E-state index is 0.616. The Hall–Kier alpha value is -13.5. The molecule has 0 fully saturated rings. The Kier molecular flexibility index (Phi) is 14.7. The lowest BCUT2D eigenvalue weighted by Gasteiger charge is -2.27. The van der Waals surface area contributed by atoms with E-state index in [4.69, 9.17) is 34.3 Å². The lowest BCUT2D eigenvalue weighted by molar-refractivity contribution is 0.669. The molecule has 9 nitrogen and oxygen atoms in total. The molecule has 0 spiro atoms. The third-order valence-corrected chi connectivity index (χ3v) is 18.4. The molecule has 2 aliphatic rings. The third-order valence-electron chi connectivity index (χ3n) is 18.4. The van der Waals surface area contributed by atoms with Crippen LogP contribution in [0.4, 0.5) is 34.1 Å². The van der Waals surface area contributed by atoms with Gasteiger partial charge in [0, 0.05) is 78.7 Å². The van der Waals surface area contributed by atoms with Gasteiger partial charge in [-0.15, -0.1) is 0 Å². The van der Waals surface area contributed by atoms with Crippen LogP contribution in [0.5, 0.6) is 0 Å². The van der Waals surface area contributed by atoms with E-state index in [1.54, 1.807) is 0 Å². The lowest BCUT2D eigenvalue weighted by Crippen LogP contribution is -2.10. The van der Waals surface area contributed by atoms with Crippen LogP contribution in [-0.2, 0) is 0 Å². The van der Waals surface area contributed by atoms with E-state index in [1.165, 1.54) is 11.1 Å². The number of aromatic nitrogens is 6. The quantitative estimate of drug-likeness (QED) is 0.167. The van der Waals surface area contributed by atoms with Crippen LogP contribution in [0.25, 0.3) is 146 Å². The molecule has 0 amide bonds. The highest BCUT2D eigenvalue weighted by atomic mass is 16.3. The van der Waals surface area contributed by atoms with E-state index in [-0.39, 0.29) is 0 Å². The van der Waals surface area contributed by atoms with Crippen molar-refractivity contribution in [2.75, 3.05) is 9.80 Å². The Labute approximate surface area is 572 Å². The summed E-state index contributed by atoms with van der Waals surface area (Å²) in [7, 11) is 0. The minimum atomic E-state index is 0.616. The van der Waals surface area contributed by atoms with Gasteiger partial charge in [-0.25, -0.2) is 29.9 Å². The molecule has 0 unspecified atom stereocenters. The number of para-hydroxylation sites is 2. The fraction of sp³-hybridized carbons (Fsp3) is 0. The normalized spacial score (nSPS) is 11.8. The molecule has 19 rings (SSSR count). The molecule has 3 aromatic heterocycles. The molecule has 99 heavy (non-hydrogen) atoms. The van der Waals surface area contributed by atoms with E-state index in [0.717, 1.165) is 134 Å². The number of anilines is 6. The lowest BCUT2D eigenvalue weighted by atomic mass is 9.96. The highest BCUT2D eigenvalue weighted by Gasteiger charge is 2.24. The van der Waals surface area contributed by atoms with E-state index in [1.807, 2.05) is 72.8 Å². The summed E-state index contributed by atoms with van der Waals surface area (Å²) in [6, 6.07) is 123. The topological polar surface area (TPSA) is 97.0 Å². The van der Waals surface area contributed by atoms with Crippen molar-refractivity contribution in [3.8, 4) is 124 Å². The second-order valence-electron chi connectivity index (χ2n) is 24.7. The van der Waals surface area contributed by atoms with Gasteiger partial charge in [-0.1, -0.05) is 249 Å². The molecule has 0 aliphatic carbocycles. The van der Waals surface area contributed by atoms with Crippen molar-refractivity contribution in [2.24, 2.45) is 0 Å². The van der Waals surface area contributed by atoms with Crippen molar-refractivity contribution in [2.45, 2.75) is 0 Å². The molecule has 464 valence electrons. The van der Waals surface area contributed by atoms with E-state index < -0.39 is 0 Å². The maximum Gasteiger partial charge on any atom is 0.164 e. The van der Waals surface area contributed by atoms with E-state index in [9.17, 15) is 0 Å². The Balaban J connectivity index is 0.000000143. The van der Waals surface area contributed by atoms with Gasteiger partial charge in [0.25, 0.3) is 0 Å². The Bertz CT molecular complexity index is 5770. The average molecular weight is 1270 g/mol. The van der Waals surface area contributed by atoms with Gasteiger partial charge in [0.05, 0.1) is 5.69 Å². The third kappa shape index (κ3) is 11.3. The number of furan rings is 1. The fourth-order valence-electron chi connectivity index (χ4n) is 13.6. The average Bonchev–Trinajstić information content (AvgIpc) is 1.66. The molecule has 0 atom stereocenters. The van der Waals surface area contributed by atoms with Crippen LogP contribution < -0.4 is 9.80 Å². The van der Waals surface area contributed by atoms with Gasteiger partial charge in [0.2, 0.25) is 0 Å². The molecule has 9 heteroatoms. The first-order valence-electron chi connectivity index (χ1n) is 33.1. The maximum absolute atomic E-state index is 6.60. The van der Waals surface area contributed by atoms with Gasteiger partial charge in [0.1, 0.15) is 11.2 Å². The van der Waals surface area contributed by atoms with Gasteiger partial charge in [-0.3, -0.25) is 0 Å². The zero-order chi connectivity index (χ0) is 65.6. The first-order valence-corrected chi connectivity index (χ1v) is 33.1. The van der Waals surface area contributed by atoms with Crippen LogP contribution >= 0.6 is 0 Å². The Morgan fingerprint density at radius 2 is 0.485 bits per heavy atom. The summed E-state index contributed by atoms with van der Waals surface area (Å²) in [5.41, 5.74) is 24.6. The fourth-order valence-corrected chi connectivity index (χ4v) is 13.6. The summed E-state index contributed by atoms with van der Waals surface area (Å²) in [5.74, 6) is 3.80. The zero-order valence-corrected chi connectivity index (χ0v) is 53.5. The number of rotatable bonds is 5. The highest BCUT2D eigenvalue weighted by molar-refractivity contribution is 6.14. The van der Waals surface area contributed by atoms with Crippen molar-refractivity contribution in [1.82, 2.24) is 29.9 Å². The van der Waals surface area contributed by atoms with Crippen LogP contribution in [0.1, 0.15) is 0 Å². The molecule has 20 bridgehead atoms. The first kappa shape index (κ1) is 58.1. The molecule has 2 aliphatic heterocycles. The smallest absolute Gasteiger partial charge is 0.164 e. The van der Waals surface area contributed by atoms with Gasteiger partial charge in [0.15, 0.2) is 34.9 Å². The van der Waals surface area contributed by atoms with Crippen LogP contribution in [0.15, 0.2) is 356 Å². The van der Waals surface area contributed by atoms with E-state index >= 15 is 0 Å². The molecule has 0 N–H and O–H groups in total. The predicted octanol–water partition coefficient (Wildman–Crippen LogP) is 23.5. The number of benzene rings is 14. The molecule has 5 heterocycles. The zero-order valence-electron chi connectivity index (χ0n) is 53.5. The van der Waals surface area contributed by atoms with E-state index in [0.29, 0.717) is 34.9 Å². The second-order valence-corrected chi connectivity index (χ2v) is 24.7. The first-order chi connectivity index (χ1) is 49.0. The number of nitrogens with zero attached hydrogens (tertiary/aromatic N) is 8. The van der Waals surface area contributed by atoms with Gasteiger partial charge < -0.3 is 14.2 Å². The summed E-state index contributed by atoms with van der Waals surface area (Å²) < 4.78 is 6.60. The molecule has 17 aromatic rings. The van der Waals surface area contributed by atoms with Crippen molar-refractivity contribution >= 4 is 56.1 Å². The van der Waals surface area contributed by atoms with Crippen LogP contribution in [0.2, 0.25) is 0 Å².